The molecule has 108 valence electrons. The van der Waals surface area contributed by atoms with Gasteiger partial charge in [0, 0.05) is 14.2 Å². The van der Waals surface area contributed by atoms with Gasteiger partial charge in [-0.05, 0) is 31.2 Å². The van der Waals surface area contributed by atoms with Crippen molar-refractivity contribution >= 4 is 0 Å². The minimum atomic E-state index is -4.30. The number of nitrogens with one attached hydrogen (secondary N) is 1. The highest BCUT2D eigenvalue weighted by Gasteiger charge is 2.30. The number of alkyl halides is 3. The first-order valence-corrected chi connectivity index (χ1v) is 5.81. The highest BCUT2D eigenvalue weighted by Crippen LogP contribution is 2.29. The molecule has 1 atom stereocenters. The maximum Gasteiger partial charge on any atom is 0.416 e. The molecule has 0 amide bonds. The van der Waals surface area contributed by atoms with Gasteiger partial charge in [0.2, 0.25) is 0 Å². The highest BCUT2D eigenvalue weighted by molar-refractivity contribution is 5.25. The number of methoxy groups -OCH3 is 2. The van der Waals surface area contributed by atoms with E-state index in [1.807, 2.05) is 0 Å². The van der Waals surface area contributed by atoms with E-state index in [1.54, 1.807) is 7.05 Å². The Morgan fingerprint density at radius 2 is 1.63 bits per heavy atom. The third-order valence-corrected chi connectivity index (χ3v) is 2.90. The smallest absolute Gasteiger partial charge is 0.354 e. The molecule has 1 aromatic rings. The molecule has 0 heterocycles. The second kappa shape index (κ2) is 6.88. The molecule has 0 bridgehead atoms. The number of ether oxygens (including phenoxy) is 2. The van der Waals surface area contributed by atoms with Crippen molar-refractivity contribution in [3.05, 3.63) is 35.4 Å². The van der Waals surface area contributed by atoms with E-state index in [0.29, 0.717) is 6.42 Å². The summed E-state index contributed by atoms with van der Waals surface area (Å²) < 4.78 is 47.6. The van der Waals surface area contributed by atoms with Crippen LogP contribution in [0.5, 0.6) is 0 Å². The van der Waals surface area contributed by atoms with Gasteiger partial charge in [0.05, 0.1) is 11.6 Å². The quantitative estimate of drug-likeness (QED) is 0.810. The lowest BCUT2D eigenvalue weighted by Crippen LogP contribution is -2.41. The number of rotatable bonds is 6. The van der Waals surface area contributed by atoms with Crippen LogP contribution in [0.4, 0.5) is 13.2 Å². The zero-order chi connectivity index (χ0) is 14.5. The molecule has 0 aliphatic rings. The van der Waals surface area contributed by atoms with Crippen molar-refractivity contribution in [3.8, 4) is 0 Å². The van der Waals surface area contributed by atoms with Crippen LogP contribution >= 0.6 is 0 Å². The summed E-state index contributed by atoms with van der Waals surface area (Å²) >= 11 is 0. The Balaban J connectivity index is 2.76. The minimum absolute atomic E-state index is 0.133. The van der Waals surface area contributed by atoms with E-state index in [4.69, 9.17) is 9.47 Å². The van der Waals surface area contributed by atoms with Crippen LogP contribution in [0.15, 0.2) is 24.3 Å². The van der Waals surface area contributed by atoms with Crippen LogP contribution in [-0.4, -0.2) is 33.6 Å². The lowest BCUT2D eigenvalue weighted by Gasteiger charge is -2.24. The monoisotopic (exact) mass is 277 g/mol. The molecular weight excluding hydrogens is 259 g/mol. The summed E-state index contributed by atoms with van der Waals surface area (Å²) in [5.41, 5.74) is 0.138. The van der Waals surface area contributed by atoms with Gasteiger partial charge in [-0.15, -0.1) is 0 Å². The van der Waals surface area contributed by atoms with Gasteiger partial charge in [-0.25, -0.2) is 0 Å². The summed E-state index contributed by atoms with van der Waals surface area (Å²) in [4.78, 5) is 0. The molecule has 0 spiro atoms. The Hall–Kier alpha value is -1.11. The molecule has 0 radical (unpaired) electrons. The summed E-state index contributed by atoms with van der Waals surface area (Å²) in [5, 5.41) is 3.03. The predicted octanol–water partition coefficient (Wildman–Crippen LogP) is 2.45. The van der Waals surface area contributed by atoms with Crippen LogP contribution in [0, 0.1) is 0 Å². The first kappa shape index (κ1) is 15.9. The second-order valence-corrected chi connectivity index (χ2v) is 4.13. The molecule has 0 aliphatic heterocycles. The van der Waals surface area contributed by atoms with Crippen LogP contribution in [0.1, 0.15) is 11.1 Å². The van der Waals surface area contributed by atoms with E-state index in [0.717, 1.165) is 17.7 Å². The molecule has 0 saturated heterocycles. The number of hydrogen-bond acceptors (Lipinski definition) is 3. The van der Waals surface area contributed by atoms with Crippen LogP contribution in [0.2, 0.25) is 0 Å². The molecule has 1 rings (SSSR count). The Kier molecular flexibility index (Phi) is 5.78. The van der Waals surface area contributed by atoms with Crippen LogP contribution < -0.4 is 5.32 Å². The number of halogens is 3. The normalized spacial score (nSPS) is 13.8. The van der Waals surface area contributed by atoms with Crippen molar-refractivity contribution in [1.82, 2.24) is 5.32 Å². The summed E-state index contributed by atoms with van der Waals surface area (Å²) in [6.07, 6.45) is -4.24. The molecule has 1 N–H and O–H groups in total. The van der Waals surface area contributed by atoms with Crippen LogP contribution in [0.25, 0.3) is 0 Å². The summed E-state index contributed by atoms with van der Waals surface area (Å²) in [6, 6.07) is 4.96. The number of hydrogen-bond donors (Lipinski definition) is 1. The van der Waals surface area contributed by atoms with Crippen molar-refractivity contribution in [2.75, 3.05) is 21.3 Å². The lowest BCUT2D eigenvalue weighted by molar-refractivity contribution is -0.137. The third kappa shape index (κ3) is 4.49. The van der Waals surface area contributed by atoms with E-state index >= 15 is 0 Å². The molecule has 19 heavy (non-hydrogen) atoms. The van der Waals surface area contributed by atoms with E-state index in [-0.39, 0.29) is 6.04 Å². The van der Waals surface area contributed by atoms with Crippen molar-refractivity contribution < 1.29 is 22.6 Å². The lowest BCUT2D eigenvalue weighted by atomic mass is 10.0. The highest BCUT2D eigenvalue weighted by atomic mass is 19.4. The first-order valence-electron chi connectivity index (χ1n) is 5.81. The molecule has 0 fully saturated rings. The van der Waals surface area contributed by atoms with Crippen molar-refractivity contribution in [1.29, 1.82) is 0 Å². The van der Waals surface area contributed by atoms with E-state index < -0.39 is 18.0 Å². The maximum absolute atomic E-state index is 12.4. The molecule has 0 aliphatic carbocycles. The summed E-state index contributed by atoms with van der Waals surface area (Å²) in [5.74, 6) is 0. The Bertz CT molecular complexity index is 374. The molecule has 1 aromatic carbocycles. The van der Waals surface area contributed by atoms with Crippen molar-refractivity contribution in [2.45, 2.75) is 24.9 Å². The fraction of sp³-hybridized carbons (Fsp3) is 0.538. The summed E-state index contributed by atoms with van der Waals surface area (Å²) in [6.45, 7) is 0. The molecular formula is C13H18F3NO2. The largest absolute Gasteiger partial charge is 0.416 e. The van der Waals surface area contributed by atoms with Gasteiger partial charge in [0.15, 0.2) is 6.29 Å². The average molecular weight is 277 g/mol. The average Bonchev–Trinajstić information content (AvgIpc) is 2.38. The van der Waals surface area contributed by atoms with Gasteiger partial charge in [-0.3, -0.25) is 0 Å². The SMILES string of the molecule is CNC(Cc1ccc(C(F)(F)F)cc1)C(OC)OC. The topological polar surface area (TPSA) is 30.5 Å². The molecule has 0 saturated carbocycles. The molecule has 6 heteroatoms. The predicted molar refractivity (Wildman–Crippen MR) is 65.8 cm³/mol. The summed E-state index contributed by atoms with van der Waals surface area (Å²) in [7, 11) is 4.79. The van der Waals surface area contributed by atoms with Gasteiger partial charge >= 0.3 is 6.18 Å². The fourth-order valence-electron chi connectivity index (χ4n) is 1.84. The third-order valence-electron chi connectivity index (χ3n) is 2.90. The van der Waals surface area contributed by atoms with Crippen LogP contribution in [0.3, 0.4) is 0 Å². The molecule has 1 unspecified atom stereocenters. The van der Waals surface area contributed by atoms with E-state index in [1.165, 1.54) is 26.4 Å². The maximum atomic E-state index is 12.4. The fourth-order valence-corrected chi connectivity index (χ4v) is 1.84. The zero-order valence-corrected chi connectivity index (χ0v) is 11.1. The zero-order valence-electron chi connectivity index (χ0n) is 11.1. The van der Waals surface area contributed by atoms with E-state index in [2.05, 4.69) is 5.32 Å². The van der Waals surface area contributed by atoms with Gasteiger partial charge in [0.1, 0.15) is 0 Å². The second-order valence-electron chi connectivity index (χ2n) is 4.13. The van der Waals surface area contributed by atoms with Gasteiger partial charge in [-0.1, -0.05) is 12.1 Å². The Labute approximate surface area is 110 Å². The van der Waals surface area contributed by atoms with Crippen molar-refractivity contribution in [3.63, 3.8) is 0 Å². The number of benzene rings is 1. The van der Waals surface area contributed by atoms with Gasteiger partial charge in [-0.2, -0.15) is 13.2 Å². The first-order chi connectivity index (χ1) is 8.92. The minimum Gasteiger partial charge on any atom is -0.354 e. The van der Waals surface area contributed by atoms with Crippen LogP contribution in [-0.2, 0) is 22.1 Å². The number of likely N-dealkylation sites (N-methyl/N-ethyl adjacent to an activating group) is 1. The van der Waals surface area contributed by atoms with Gasteiger partial charge in [0.25, 0.3) is 0 Å². The Morgan fingerprint density at radius 1 is 1.11 bits per heavy atom. The van der Waals surface area contributed by atoms with Gasteiger partial charge < -0.3 is 14.8 Å². The van der Waals surface area contributed by atoms with Crippen molar-refractivity contribution in [2.24, 2.45) is 0 Å². The molecule has 0 aromatic heterocycles. The molecule has 3 nitrogen and oxygen atoms in total. The van der Waals surface area contributed by atoms with E-state index in [9.17, 15) is 13.2 Å². The Morgan fingerprint density at radius 3 is 2.00 bits per heavy atom. The standard InChI is InChI=1S/C13H18F3NO2/c1-17-11(12(18-2)19-3)8-9-4-6-10(7-5-9)13(14,15)16/h4-7,11-12,17H,8H2,1-3H3.